The molecule has 1 amide bonds. The summed E-state index contributed by atoms with van der Waals surface area (Å²) in [6.45, 7) is 7.59. The van der Waals surface area contributed by atoms with Crippen molar-refractivity contribution in [3.8, 4) is 0 Å². The van der Waals surface area contributed by atoms with Crippen molar-refractivity contribution in [2.24, 2.45) is 0 Å². The summed E-state index contributed by atoms with van der Waals surface area (Å²) < 4.78 is 5.21. The molecule has 2 aliphatic rings. The standard InChI is InChI=1S/C11H20N2O2S/c1-11(2,3)15-10(14)12-8-4-13(5-8)9-6-16-7-9/h8-9H,4-7H2,1-3H3,(H,12,14). The minimum absolute atomic E-state index is 0.278. The van der Waals surface area contributed by atoms with E-state index in [4.69, 9.17) is 4.74 Å². The molecule has 0 aromatic heterocycles. The summed E-state index contributed by atoms with van der Waals surface area (Å²) in [5.41, 5.74) is -0.405. The molecule has 2 heterocycles. The van der Waals surface area contributed by atoms with Crippen LogP contribution in [0.4, 0.5) is 4.79 Å². The van der Waals surface area contributed by atoms with E-state index in [1.54, 1.807) is 0 Å². The highest BCUT2D eigenvalue weighted by Crippen LogP contribution is 2.26. The number of alkyl carbamates (subject to hydrolysis) is 1. The number of amides is 1. The minimum atomic E-state index is -0.405. The maximum absolute atomic E-state index is 11.5. The highest BCUT2D eigenvalue weighted by atomic mass is 32.2. The average Bonchev–Trinajstić information content (AvgIpc) is 1.92. The highest BCUT2D eigenvalue weighted by Gasteiger charge is 2.36. The van der Waals surface area contributed by atoms with Gasteiger partial charge in [0, 0.05) is 30.6 Å². The lowest BCUT2D eigenvalue weighted by Crippen LogP contribution is -2.64. The monoisotopic (exact) mass is 244 g/mol. The molecule has 0 radical (unpaired) electrons. The fraction of sp³-hybridized carbons (Fsp3) is 0.909. The van der Waals surface area contributed by atoms with E-state index >= 15 is 0 Å². The molecule has 2 aliphatic heterocycles. The van der Waals surface area contributed by atoms with Crippen LogP contribution in [0.25, 0.3) is 0 Å². The van der Waals surface area contributed by atoms with Crippen LogP contribution in [0.15, 0.2) is 0 Å². The molecule has 16 heavy (non-hydrogen) atoms. The molecule has 0 unspecified atom stereocenters. The molecule has 92 valence electrons. The predicted octanol–water partition coefficient (Wildman–Crippen LogP) is 1.31. The van der Waals surface area contributed by atoms with Crippen molar-refractivity contribution in [3.63, 3.8) is 0 Å². The lowest BCUT2D eigenvalue weighted by molar-refractivity contribution is 0.0354. The summed E-state index contributed by atoms with van der Waals surface area (Å²) in [6.07, 6.45) is -0.292. The molecule has 2 fully saturated rings. The van der Waals surface area contributed by atoms with Gasteiger partial charge in [0.2, 0.25) is 0 Å². The van der Waals surface area contributed by atoms with Crippen molar-refractivity contribution in [2.45, 2.75) is 38.5 Å². The summed E-state index contributed by atoms with van der Waals surface area (Å²) in [5.74, 6) is 2.50. The summed E-state index contributed by atoms with van der Waals surface area (Å²) in [6, 6.07) is 1.03. The van der Waals surface area contributed by atoms with Gasteiger partial charge in [-0.3, -0.25) is 4.90 Å². The first kappa shape index (κ1) is 12.0. The van der Waals surface area contributed by atoms with Gasteiger partial charge in [-0.2, -0.15) is 11.8 Å². The Hall–Kier alpha value is -0.420. The van der Waals surface area contributed by atoms with Crippen molar-refractivity contribution in [1.82, 2.24) is 10.2 Å². The number of ether oxygens (including phenoxy) is 1. The topological polar surface area (TPSA) is 41.6 Å². The van der Waals surface area contributed by atoms with E-state index in [2.05, 4.69) is 10.2 Å². The van der Waals surface area contributed by atoms with E-state index in [0.717, 1.165) is 19.1 Å². The number of hydrogen-bond donors (Lipinski definition) is 1. The summed E-state index contributed by atoms with van der Waals surface area (Å²) in [7, 11) is 0. The molecular weight excluding hydrogens is 224 g/mol. The SMILES string of the molecule is CC(C)(C)OC(=O)NC1CN(C2CSC2)C1. The van der Waals surface area contributed by atoms with Gasteiger partial charge < -0.3 is 10.1 Å². The fourth-order valence-corrected chi connectivity index (χ4v) is 2.68. The molecule has 0 bridgehead atoms. The van der Waals surface area contributed by atoms with Crippen molar-refractivity contribution in [2.75, 3.05) is 24.6 Å². The number of thioether (sulfide) groups is 1. The first-order chi connectivity index (χ1) is 7.44. The number of nitrogens with zero attached hydrogens (tertiary/aromatic N) is 1. The fourth-order valence-electron chi connectivity index (χ4n) is 1.81. The second-order valence-electron chi connectivity index (χ2n) is 5.49. The molecule has 2 saturated heterocycles. The molecule has 0 spiro atoms. The zero-order valence-electron chi connectivity index (χ0n) is 10.2. The highest BCUT2D eigenvalue weighted by molar-refractivity contribution is 8.00. The van der Waals surface area contributed by atoms with E-state index in [1.807, 2.05) is 32.5 Å². The first-order valence-electron chi connectivity index (χ1n) is 5.75. The maximum Gasteiger partial charge on any atom is 0.407 e. The molecule has 0 atom stereocenters. The second kappa shape index (κ2) is 4.45. The second-order valence-corrected chi connectivity index (χ2v) is 6.56. The number of carbonyl (C=O) groups excluding carboxylic acids is 1. The van der Waals surface area contributed by atoms with Crippen LogP contribution in [0.3, 0.4) is 0 Å². The van der Waals surface area contributed by atoms with Gasteiger partial charge in [0.15, 0.2) is 0 Å². The Morgan fingerprint density at radius 3 is 2.44 bits per heavy atom. The molecule has 2 rings (SSSR count). The van der Waals surface area contributed by atoms with Crippen LogP contribution in [0.5, 0.6) is 0 Å². The van der Waals surface area contributed by atoms with Crippen molar-refractivity contribution < 1.29 is 9.53 Å². The van der Waals surface area contributed by atoms with Gasteiger partial charge in [0.05, 0.1) is 6.04 Å². The van der Waals surface area contributed by atoms with Gasteiger partial charge in [-0.15, -0.1) is 0 Å². The Labute approximate surface area is 101 Å². The van der Waals surface area contributed by atoms with Crippen LogP contribution in [-0.4, -0.2) is 53.3 Å². The molecule has 0 aliphatic carbocycles. The third-order valence-corrected chi connectivity index (χ3v) is 4.01. The number of nitrogens with one attached hydrogen (secondary N) is 1. The quantitative estimate of drug-likeness (QED) is 0.795. The molecule has 0 saturated carbocycles. The Kier molecular flexibility index (Phi) is 3.35. The zero-order chi connectivity index (χ0) is 11.8. The van der Waals surface area contributed by atoms with E-state index in [0.29, 0.717) is 0 Å². The van der Waals surface area contributed by atoms with Crippen LogP contribution in [0.2, 0.25) is 0 Å². The predicted molar refractivity (Wildman–Crippen MR) is 65.8 cm³/mol. The van der Waals surface area contributed by atoms with Gasteiger partial charge in [0.25, 0.3) is 0 Å². The Balaban J connectivity index is 1.63. The summed E-state index contributed by atoms with van der Waals surface area (Å²) in [5, 5.41) is 2.90. The third-order valence-electron chi connectivity index (χ3n) is 2.77. The van der Waals surface area contributed by atoms with Crippen molar-refractivity contribution >= 4 is 17.9 Å². The first-order valence-corrected chi connectivity index (χ1v) is 6.91. The lowest BCUT2D eigenvalue weighted by Gasteiger charge is -2.47. The van der Waals surface area contributed by atoms with E-state index in [-0.39, 0.29) is 12.1 Å². The zero-order valence-corrected chi connectivity index (χ0v) is 11.0. The average molecular weight is 244 g/mol. The van der Waals surface area contributed by atoms with E-state index in [1.165, 1.54) is 11.5 Å². The van der Waals surface area contributed by atoms with E-state index in [9.17, 15) is 4.79 Å². The molecule has 5 heteroatoms. The largest absolute Gasteiger partial charge is 0.444 e. The minimum Gasteiger partial charge on any atom is -0.444 e. The van der Waals surface area contributed by atoms with Gasteiger partial charge in [-0.05, 0) is 20.8 Å². The lowest BCUT2D eigenvalue weighted by atomic mass is 10.1. The van der Waals surface area contributed by atoms with E-state index < -0.39 is 5.60 Å². The molecule has 1 N–H and O–H groups in total. The molecule has 4 nitrogen and oxygen atoms in total. The number of rotatable bonds is 2. The molecule has 0 aromatic rings. The normalized spacial score (nSPS) is 23.4. The maximum atomic E-state index is 11.5. The van der Waals surface area contributed by atoms with Crippen LogP contribution in [-0.2, 0) is 4.74 Å². The van der Waals surface area contributed by atoms with Gasteiger partial charge >= 0.3 is 6.09 Å². The van der Waals surface area contributed by atoms with Crippen LogP contribution < -0.4 is 5.32 Å². The molecular formula is C11H20N2O2S. The van der Waals surface area contributed by atoms with Crippen molar-refractivity contribution in [3.05, 3.63) is 0 Å². The smallest absolute Gasteiger partial charge is 0.407 e. The van der Waals surface area contributed by atoms with Crippen LogP contribution >= 0.6 is 11.8 Å². The van der Waals surface area contributed by atoms with Crippen molar-refractivity contribution in [1.29, 1.82) is 0 Å². The van der Waals surface area contributed by atoms with Gasteiger partial charge in [-0.25, -0.2) is 4.79 Å². The summed E-state index contributed by atoms with van der Waals surface area (Å²) >= 11 is 1.99. The van der Waals surface area contributed by atoms with Crippen LogP contribution in [0.1, 0.15) is 20.8 Å². The van der Waals surface area contributed by atoms with Crippen LogP contribution in [0, 0.1) is 0 Å². The summed E-state index contributed by atoms with van der Waals surface area (Å²) in [4.78, 5) is 13.9. The van der Waals surface area contributed by atoms with Gasteiger partial charge in [-0.1, -0.05) is 0 Å². The Morgan fingerprint density at radius 1 is 1.38 bits per heavy atom. The third kappa shape index (κ3) is 3.04. The number of hydrogen-bond acceptors (Lipinski definition) is 4. The Morgan fingerprint density at radius 2 is 2.00 bits per heavy atom. The van der Waals surface area contributed by atoms with Gasteiger partial charge in [0.1, 0.15) is 5.60 Å². The molecule has 0 aromatic carbocycles. The Bertz CT molecular complexity index is 268. The number of likely N-dealkylation sites (tertiary alicyclic amines) is 1. The number of carbonyl (C=O) groups is 1.